The fraction of sp³-hybridized carbons (Fsp3) is 1.00. The van der Waals surface area contributed by atoms with Gasteiger partial charge in [-0.25, -0.2) is 0 Å². The first kappa shape index (κ1) is 17.0. The molecule has 1 N–H and O–H groups in total. The zero-order valence-corrected chi connectivity index (χ0v) is 13.4. The summed E-state index contributed by atoms with van der Waals surface area (Å²) in [6.07, 6.45) is 12.7. The van der Waals surface area contributed by atoms with E-state index in [2.05, 4.69) is 26.1 Å². The molecule has 114 valence electrons. The molecule has 2 heteroatoms. The Kier molecular flexibility index (Phi) is 9.54. The van der Waals surface area contributed by atoms with Gasteiger partial charge >= 0.3 is 0 Å². The Bertz CT molecular complexity index is 207. The average molecular weight is 269 g/mol. The predicted octanol–water partition coefficient (Wildman–Crippen LogP) is 4.53. The summed E-state index contributed by atoms with van der Waals surface area (Å²) in [4.78, 5) is 0. The highest BCUT2D eigenvalue weighted by molar-refractivity contribution is 4.82. The van der Waals surface area contributed by atoms with Crippen LogP contribution in [-0.4, -0.2) is 25.3 Å². The highest BCUT2D eigenvalue weighted by Gasteiger charge is 2.28. The third-order valence-corrected chi connectivity index (χ3v) is 4.32. The summed E-state index contributed by atoms with van der Waals surface area (Å²) in [5, 5.41) is 3.75. The molecule has 0 bridgehead atoms. The Balaban J connectivity index is 2.17. The topological polar surface area (TPSA) is 21.3 Å². The van der Waals surface area contributed by atoms with Gasteiger partial charge in [0.15, 0.2) is 0 Å². The van der Waals surface area contributed by atoms with Gasteiger partial charge in [-0.1, -0.05) is 52.4 Å². The number of nitrogens with one attached hydrogen (secondary N) is 1. The molecule has 3 atom stereocenters. The molecule has 1 heterocycles. The van der Waals surface area contributed by atoms with Crippen molar-refractivity contribution in [3.8, 4) is 0 Å². The zero-order chi connectivity index (χ0) is 13.9. The van der Waals surface area contributed by atoms with Gasteiger partial charge in [-0.2, -0.15) is 0 Å². The van der Waals surface area contributed by atoms with E-state index in [0.29, 0.717) is 12.1 Å². The maximum Gasteiger partial charge on any atom is 0.0551 e. The Morgan fingerprint density at radius 3 is 2.42 bits per heavy atom. The van der Waals surface area contributed by atoms with Crippen molar-refractivity contribution in [1.82, 2.24) is 5.32 Å². The highest BCUT2D eigenvalue weighted by atomic mass is 16.5. The minimum absolute atomic E-state index is 0.473. The Labute approximate surface area is 120 Å². The Morgan fingerprint density at radius 1 is 1.05 bits per heavy atom. The van der Waals surface area contributed by atoms with Crippen LogP contribution in [0.25, 0.3) is 0 Å². The fourth-order valence-electron chi connectivity index (χ4n) is 3.11. The minimum atomic E-state index is 0.473. The van der Waals surface area contributed by atoms with E-state index in [1.807, 2.05) is 0 Å². The first-order valence-electron chi connectivity index (χ1n) is 8.62. The fourth-order valence-corrected chi connectivity index (χ4v) is 3.11. The van der Waals surface area contributed by atoms with E-state index in [4.69, 9.17) is 4.74 Å². The lowest BCUT2D eigenvalue weighted by Crippen LogP contribution is -2.37. The van der Waals surface area contributed by atoms with Gasteiger partial charge in [0.2, 0.25) is 0 Å². The van der Waals surface area contributed by atoms with Gasteiger partial charge < -0.3 is 10.1 Å². The van der Waals surface area contributed by atoms with Gasteiger partial charge in [-0.05, 0) is 32.7 Å². The van der Waals surface area contributed by atoms with Crippen molar-refractivity contribution < 1.29 is 4.74 Å². The summed E-state index contributed by atoms with van der Waals surface area (Å²) in [7, 11) is 0. The van der Waals surface area contributed by atoms with E-state index in [-0.39, 0.29) is 0 Å². The molecule has 0 aliphatic carbocycles. The van der Waals surface area contributed by atoms with Gasteiger partial charge in [0.25, 0.3) is 0 Å². The molecule has 0 aromatic carbocycles. The molecule has 1 rings (SSSR count). The molecular weight excluding hydrogens is 234 g/mol. The number of hydrogen-bond acceptors (Lipinski definition) is 2. The number of ether oxygens (including phenoxy) is 1. The molecule has 0 aromatic rings. The van der Waals surface area contributed by atoms with E-state index < -0.39 is 0 Å². The SMILES string of the molecule is CCCCCCCCC(NCCC)C1COC(C)C1. The zero-order valence-electron chi connectivity index (χ0n) is 13.4. The predicted molar refractivity (Wildman–Crippen MR) is 83.6 cm³/mol. The smallest absolute Gasteiger partial charge is 0.0551 e. The van der Waals surface area contributed by atoms with Crippen molar-refractivity contribution in [3.05, 3.63) is 0 Å². The van der Waals surface area contributed by atoms with Crippen LogP contribution >= 0.6 is 0 Å². The molecule has 0 spiro atoms. The van der Waals surface area contributed by atoms with Crippen LogP contribution in [0.2, 0.25) is 0 Å². The largest absolute Gasteiger partial charge is 0.378 e. The molecule has 0 radical (unpaired) electrons. The van der Waals surface area contributed by atoms with E-state index in [1.54, 1.807) is 0 Å². The summed E-state index contributed by atoms with van der Waals surface area (Å²) in [6, 6.07) is 0.691. The van der Waals surface area contributed by atoms with Crippen LogP contribution in [0.5, 0.6) is 0 Å². The molecule has 1 aliphatic heterocycles. The first-order chi connectivity index (χ1) is 9.27. The van der Waals surface area contributed by atoms with Crippen molar-refractivity contribution in [1.29, 1.82) is 0 Å². The molecule has 3 unspecified atom stereocenters. The first-order valence-corrected chi connectivity index (χ1v) is 8.62. The van der Waals surface area contributed by atoms with Crippen molar-refractivity contribution in [2.45, 2.75) is 90.7 Å². The van der Waals surface area contributed by atoms with Crippen LogP contribution in [0, 0.1) is 5.92 Å². The van der Waals surface area contributed by atoms with Gasteiger partial charge in [-0.3, -0.25) is 0 Å². The number of rotatable bonds is 11. The summed E-state index contributed by atoms with van der Waals surface area (Å²) in [5.41, 5.74) is 0. The lowest BCUT2D eigenvalue weighted by Gasteiger charge is -2.24. The van der Waals surface area contributed by atoms with Crippen molar-refractivity contribution in [2.75, 3.05) is 13.2 Å². The molecule has 0 aromatic heterocycles. The molecule has 1 saturated heterocycles. The third kappa shape index (κ3) is 7.31. The quantitative estimate of drug-likeness (QED) is 0.556. The summed E-state index contributed by atoms with van der Waals surface area (Å²) in [5.74, 6) is 0.747. The van der Waals surface area contributed by atoms with Gasteiger partial charge in [0.05, 0.1) is 12.7 Å². The van der Waals surface area contributed by atoms with Crippen LogP contribution in [0.4, 0.5) is 0 Å². The summed E-state index contributed by atoms with van der Waals surface area (Å²) < 4.78 is 5.75. The van der Waals surface area contributed by atoms with Crippen LogP contribution in [-0.2, 0) is 4.74 Å². The number of unbranched alkanes of at least 4 members (excludes halogenated alkanes) is 5. The van der Waals surface area contributed by atoms with Gasteiger partial charge in [-0.15, -0.1) is 0 Å². The Hall–Kier alpha value is -0.0800. The highest BCUT2D eigenvalue weighted by Crippen LogP contribution is 2.25. The molecule has 1 fully saturated rings. The number of hydrogen-bond donors (Lipinski definition) is 1. The van der Waals surface area contributed by atoms with Crippen molar-refractivity contribution >= 4 is 0 Å². The second-order valence-corrected chi connectivity index (χ2v) is 6.26. The molecule has 2 nitrogen and oxygen atoms in total. The molecule has 0 saturated carbocycles. The van der Waals surface area contributed by atoms with E-state index >= 15 is 0 Å². The third-order valence-electron chi connectivity index (χ3n) is 4.32. The molecule has 0 amide bonds. The lowest BCUT2D eigenvalue weighted by atomic mass is 9.92. The van der Waals surface area contributed by atoms with Crippen molar-refractivity contribution in [2.24, 2.45) is 5.92 Å². The maximum absolute atomic E-state index is 5.75. The van der Waals surface area contributed by atoms with E-state index in [9.17, 15) is 0 Å². The van der Waals surface area contributed by atoms with Crippen LogP contribution in [0.15, 0.2) is 0 Å². The molecular formula is C17H35NO. The van der Waals surface area contributed by atoms with E-state index in [0.717, 1.165) is 19.1 Å². The Morgan fingerprint density at radius 2 is 1.79 bits per heavy atom. The standard InChI is InChI=1S/C17H35NO/c1-4-6-7-8-9-10-11-17(18-12-5-2)16-13-15(3)19-14-16/h15-18H,4-14H2,1-3H3. The molecule has 1 aliphatic rings. The van der Waals surface area contributed by atoms with Crippen molar-refractivity contribution in [3.63, 3.8) is 0 Å². The van der Waals surface area contributed by atoms with E-state index in [1.165, 1.54) is 57.8 Å². The second kappa shape index (κ2) is 10.7. The normalized spacial score (nSPS) is 24.8. The monoisotopic (exact) mass is 269 g/mol. The molecule has 19 heavy (non-hydrogen) atoms. The van der Waals surface area contributed by atoms with Crippen LogP contribution in [0.1, 0.15) is 78.6 Å². The second-order valence-electron chi connectivity index (χ2n) is 6.26. The summed E-state index contributed by atoms with van der Waals surface area (Å²) >= 11 is 0. The lowest BCUT2D eigenvalue weighted by molar-refractivity contribution is 0.116. The minimum Gasteiger partial charge on any atom is -0.378 e. The summed E-state index contributed by atoms with van der Waals surface area (Å²) in [6.45, 7) is 8.87. The van der Waals surface area contributed by atoms with Crippen LogP contribution < -0.4 is 5.32 Å². The van der Waals surface area contributed by atoms with Gasteiger partial charge in [0.1, 0.15) is 0 Å². The van der Waals surface area contributed by atoms with Crippen LogP contribution in [0.3, 0.4) is 0 Å². The van der Waals surface area contributed by atoms with Gasteiger partial charge in [0, 0.05) is 12.0 Å². The average Bonchev–Trinajstić information content (AvgIpc) is 2.83. The maximum atomic E-state index is 5.75.